The highest BCUT2D eigenvalue weighted by molar-refractivity contribution is 7.47. The Morgan fingerprint density at radius 3 is 0.802 bits per heavy atom. The molecule has 5 atom stereocenters. The molecular formula is C87H144O17P2. The summed E-state index contributed by atoms with van der Waals surface area (Å²) in [4.78, 5) is 73.1. The molecule has 0 amide bonds. The van der Waals surface area contributed by atoms with E-state index in [0.717, 1.165) is 212 Å². The second kappa shape index (κ2) is 77.8. The van der Waals surface area contributed by atoms with Crippen LogP contribution in [-0.4, -0.2) is 96.7 Å². The van der Waals surface area contributed by atoms with E-state index < -0.39 is 97.5 Å². The van der Waals surface area contributed by atoms with Crippen LogP contribution in [0.1, 0.15) is 310 Å². The van der Waals surface area contributed by atoms with Crippen LogP contribution in [0, 0.1) is 0 Å². The van der Waals surface area contributed by atoms with Crippen LogP contribution in [0.15, 0.2) is 158 Å². The number of ether oxygens (including phenoxy) is 4. The van der Waals surface area contributed by atoms with Gasteiger partial charge in [0.2, 0.25) is 0 Å². The summed E-state index contributed by atoms with van der Waals surface area (Å²) in [7, 11) is -9.99. The summed E-state index contributed by atoms with van der Waals surface area (Å²) in [6, 6.07) is 0. The van der Waals surface area contributed by atoms with Crippen molar-refractivity contribution in [3.05, 3.63) is 158 Å². The third kappa shape index (κ3) is 76.9. The fourth-order valence-electron chi connectivity index (χ4n) is 10.3. The molecule has 0 aliphatic rings. The van der Waals surface area contributed by atoms with E-state index in [1.807, 2.05) is 0 Å². The van der Waals surface area contributed by atoms with Gasteiger partial charge in [-0.2, -0.15) is 0 Å². The Labute approximate surface area is 642 Å². The zero-order chi connectivity index (χ0) is 77.4. The molecule has 3 N–H and O–H groups in total. The predicted molar refractivity (Wildman–Crippen MR) is 436 cm³/mol. The van der Waals surface area contributed by atoms with Gasteiger partial charge in [0.05, 0.1) is 26.4 Å². The van der Waals surface area contributed by atoms with E-state index in [2.05, 4.69) is 186 Å². The van der Waals surface area contributed by atoms with Crippen LogP contribution in [0.3, 0.4) is 0 Å². The highest BCUT2D eigenvalue weighted by Crippen LogP contribution is 2.45. The van der Waals surface area contributed by atoms with Gasteiger partial charge in [0, 0.05) is 25.7 Å². The summed E-state index contributed by atoms with van der Waals surface area (Å²) >= 11 is 0. The zero-order valence-corrected chi connectivity index (χ0v) is 67.8. The van der Waals surface area contributed by atoms with Crippen LogP contribution in [-0.2, 0) is 65.4 Å². The van der Waals surface area contributed by atoms with Crippen LogP contribution < -0.4 is 0 Å². The van der Waals surface area contributed by atoms with Crippen LogP contribution in [0.5, 0.6) is 0 Å². The van der Waals surface area contributed by atoms with E-state index in [-0.39, 0.29) is 25.7 Å². The molecule has 0 bridgehead atoms. The Bertz CT molecular complexity index is 2630. The Balaban J connectivity index is 5.44. The lowest BCUT2D eigenvalue weighted by Crippen LogP contribution is -2.30. The van der Waals surface area contributed by atoms with Crippen molar-refractivity contribution < 1.29 is 80.2 Å². The molecule has 17 nitrogen and oxygen atoms in total. The van der Waals surface area contributed by atoms with Crippen molar-refractivity contribution >= 4 is 39.5 Å². The number of rotatable bonds is 75. The minimum absolute atomic E-state index is 0.0651. The largest absolute Gasteiger partial charge is 0.472 e. The maximum Gasteiger partial charge on any atom is 0.472 e. The number of allylic oxidation sites excluding steroid dienone is 26. The number of aliphatic hydroxyl groups excluding tert-OH is 1. The zero-order valence-electron chi connectivity index (χ0n) is 66.1. The summed E-state index contributed by atoms with van der Waals surface area (Å²) in [5.41, 5.74) is 0. The summed E-state index contributed by atoms with van der Waals surface area (Å²) in [5.74, 6) is -2.26. The lowest BCUT2D eigenvalue weighted by Gasteiger charge is -2.21. The van der Waals surface area contributed by atoms with Crippen LogP contribution in [0.25, 0.3) is 0 Å². The summed E-state index contributed by atoms with van der Waals surface area (Å²) in [6.45, 7) is 4.47. The molecule has 0 radical (unpaired) electrons. The minimum Gasteiger partial charge on any atom is -0.462 e. The molecule has 604 valence electrons. The van der Waals surface area contributed by atoms with Crippen molar-refractivity contribution in [2.45, 2.75) is 329 Å². The maximum atomic E-state index is 13.1. The van der Waals surface area contributed by atoms with Gasteiger partial charge in [0.25, 0.3) is 0 Å². The second-order valence-corrected chi connectivity index (χ2v) is 29.5. The van der Waals surface area contributed by atoms with Gasteiger partial charge in [-0.3, -0.25) is 37.3 Å². The number of carbonyl (C=O) groups is 4. The number of carbonyl (C=O) groups excluding carboxylic acids is 4. The minimum atomic E-state index is -5.00. The van der Waals surface area contributed by atoms with Gasteiger partial charge in [-0.05, 0) is 167 Å². The lowest BCUT2D eigenvalue weighted by molar-refractivity contribution is -0.161. The van der Waals surface area contributed by atoms with Crippen molar-refractivity contribution in [1.29, 1.82) is 0 Å². The van der Waals surface area contributed by atoms with E-state index in [4.69, 9.17) is 37.0 Å². The topological polar surface area (TPSA) is 237 Å². The monoisotopic (exact) mass is 1520 g/mol. The molecule has 0 saturated carbocycles. The average Bonchev–Trinajstić information content (AvgIpc) is 0.903. The normalized spacial score (nSPS) is 14.7. The molecule has 106 heavy (non-hydrogen) atoms. The third-order valence-corrected chi connectivity index (χ3v) is 18.3. The van der Waals surface area contributed by atoms with Gasteiger partial charge in [0.1, 0.15) is 19.3 Å². The van der Waals surface area contributed by atoms with Gasteiger partial charge in [-0.25, -0.2) is 9.13 Å². The van der Waals surface area contributed by atoms with Crippen molar-refractivity contribution in [3.8, 4) is 0 Å². The lowest BCUT2D eigenvalue weighted by atomic mass is 10.1. The van der Waals surface area contributed by atoms with Gasteiger partial charge < -0.3 is 33.8 Å². The molecule has 0 fully saturated rings. The Hall–Kier alpha value is -5.32. The van der Waals surface area contributed by atoms with Gasteiger partial charge in [-0.15, -0.1) is 0 Å². The molecule has 0 spiro atoms. The van der Waals surface area contributed by atoms with E-state index in [9.17, 15) is 43.2 Å². The Morgan fingerprint density at radius 1 is 0.274 bits per heavy atom. The highest BCUT2D eigenvalue weighted by atomic mass is 31.2. The van der Waals surface area contributed by atoms with E-state index in [1.165, 1.54) is 19.3 Å². The number of phosphoric acid groups is 2. The number of hydrogen-bond acceptors (Lipinski definition) is 15. The first kappa shape index (κ1) is 101. The van der Waals surface area contributed by atoms with Crippen LogP contribution in [0.2, 0.25) is 0 Å². The molecule has 0 aliphatic heterocycles. The van der Waals surface area contributed by atoms with E-state index >= 15 is 0 Å². The quantitative estimate of drug-likeness (QED) is 0.0169. The SMILES string of the molecule is CC/C=C\C/C=C\C/C=C\C/C=C\C/C=C\CCCCCC(=O)OCC(COP(=O)(O)OCC(O)COP(=O)(O)OCC(COC(=O)CCCCCCC/C=C\C/C=C\CCCCC)OC(=O)CCCCCCC/C=C\C/C=C\CCC)OC(=O)CCCCCCCC/C=C\C/C=C\C/C=C\C/C=C\CC. The van der Waals surface area contributed by atoms with Crippen molar-refractivity contribution in [3.63, 3.8) is 0 Å². The van der Waals surface area contributed by atoms with Crippen molar-refractivity contribution in [1.82, 2.24) is 0 Å². The van der Waals surface area contributed by atoms with Crippen LogP contribution >= 0.6 is 15.6 Å². The fraction of sp³-hybridized carbons (Fsp3) is 0.655. The predicted octanol–water partition coefficient (Wildman–Crippen LogP) is 24.0. The average molecular weight is 1520 g/mol. The summed E-state index contributed by atoms with van der Waals surface area (Å²) < 4.78 is 68.6. The van der Waals surface area contributed by atoms with Crippen molar-refractivity contribution in [2.75, 3.05) is 39.6 Å². The van der Waals surface area contributed by atoms with Crippen molar-refractivity contribution in [2.24, 2.45) is 0 Å². The highest BCUT2D eigenvalue weighted by Gasteiger charge is 2.30. The molecule has 0 aromatic heterocycles. The van der Waals surface area contributed by atoms with Gasteiger partial charge in [0.15, 0.2) is 12.2 Å². The third-order valence-electron chi connectivity index (χ3n) is 16.4. The smallest absolute Gasteiger partial charge is 0.462 e. The van der Waals surface area contributed by atoms with Crippen LogP contribution in [0.4, 0.5) is 0 Å². The standard InChI is InChI=1S/C87H144O17P2/c1-5-9-13-17-21-25-29-33-36-38-40-42-45-49-52-56-60-64-68-72-85(90)98-78-83(104-87(92)74-70-66-62-58-54-50-46-43-41-39-37-34-30-26-22-18-14-10-6-2)80-102-106(95,96)100-76-81(88)75-99-105(93,94)101-79-82(103-86(91)73-69-65-61-57-53-47-32-28-24-20-16-12-8-4)77-97-84(89)71-67-63-59-55-51-48-44-35-31-27-23-19-15-11-7-3/h9-10,13-14,16,20-23,25-28,32-37,40-44,49,52,81-83,88H,5-8,11-12,15,17-19,24,29-31,38-39,45-48,50-51,53-80H2,1-4H3,(H,93,94)(H,95,96)/b13-9-,14-10-,20-16-,25-21-,26-22-,27-23-,32-28-,36-33-,37-34-,42-40-,43-41-,44-35-,52-49-. The van der Waals surface area contributed by atoms with Gasteiger partial charge in [-0.1, -0.05) is 276 Å². The summed E-state index contributed by atoms with van der Waals surface area (Å²) in [6.07, 6.45) is 90.7. The number of hydrogen-bond donors (Lipinski definition) is 3. The first-order valence-electron chi connectivity index (χ1n) is 40.7. The fourth-order valence-corrected chi connectivity index (χ4v) is 11.9. The van der Waals surface area contributed by atoms with E-state index in [1.54, 1.807) is 0 Å². The Morgan fingerprint density at radius 2 is 0.509 bits per heavy atom. The van der Waals surface area contributed by atoms with E-state index in [0.29, 0.717) is 25.7 Å². The van der Waals surface area contributed by atoms with Gasteiger partial charge >= 0.3 is 39.5 Å². The molecule has 0 heterocycles. The first-order chi connectivity index (χ1) is 51.7. The molecule has 0 aliphatic carbocycles. The number of phosphoric ester groups is 2. The molecule has 19 heteroatoms. The number of esters is 4. The Kier molecular flexibility index (Phi) is 73.9. The molecule has 0 saturated heterocycles. The molecule has 0 aromatic carbocycles. The molecule has 0 aromatic rings. The summed E-state index contributed by atoms with van der Waals surface area (Å²) in [5, 5.41) is 10.7. The molecule has 0 rings (SSSR count). The first-order valence-corrected chi connectivity index (χ1v) is 43.7. The number of aliphatic hydroxyl groups is 1. The maximum absolute atomic E-state index is 13.1. The second-order valence-electron chi connectivity index (χ2n) is 26.6. The number of unbranched alkanes of at least 4 members (excludes halogenated alkanes) is 23. The molecular weight excluding hydrogens is 1380 g/mol. The molecule has 5 unspecified atom stereocenters.